The SMILES string of the molecule is CSc1nc2cc3c(cc2[nH]1)OCCCO3. The van der Waals surface area contributed by atoms with E-state index in [0.29, 0.717) is 13.2 Å². The molecule has 5 heteroatoms. The summed E-state index contributed by atoms with van der Waals surface area (Å²) in [5.41, 5.74) is 1.92. The molecular weight excluding hydrogens is 224 g/mol. The molecule has 0 unspecified atom stereocenters. The maximum Gasteiger partial charge on any atom is 0.166 e. The van der Waals surface area contributed by atoms with E-state index in [-0.39, 0.29) is 0 Å². The summed E-state index contributed by atoms with van der Waals surface area (Å²) in [7, 11) is 0. The molecule has 4 nitrogen and oxygen atoms in total. The zero-order chi connectivity index (χ0) is 11.0. The molecule has 2 heterocycles. The third-order valence-corrected chi connectivity index (χ3v) is 3.10. The largest absolute Gasteiger partial charge is 0.489 e. The Bertz CT molecular complexity index is 481. The highest BCUT2D eigenvalue weighted by Crippen LogP contribution is 2.33. The fourth-order valence-electron chi connectivity index (χ4n) is 1.74. The predicted octanol–water partition coefficient (Wildman–Crippen LogP) is 2.45. The number of ether oxygens (including phenoxy) is 2. The molecule has 0 fully saturated rings. The Morgan fingerprint density at radius 1 is 1.25 bits per heavy atom. The number of aromatic amines is 1. The first-order chi connectivity index (χ1) is 7.86. The van der Waals surface area contributed by atoms with Gasteiger partial charge in [-0.2, -0.15) is 0 Å². The molecule has 3 rings (SSSR count). The van der Waals surface area contributed by atoms with E-state index in [0.717, 1.165) is 34.1 Å². The molecule has 0 bridgehead atoms. The molecule has 2 aromatic rings. The molecule has 0 saturated heterocycles. The summed E-state index contributed by atoms with van der Waals surface area (Å²) >= 11 is 1.59. The number of aromatic nitrogens is 2. The van der Waals surface area contributed by atoms with Gasteiger partial charge in [-0.25, -0.2) is 4.98 Å². The average molecular weight is 236 g/mol. The van der Waals surface area contributed by atoms with Crippen molar-refractivity contribution < 1.29 is 9.47 Å². The van der Waals surface area contributed by atoms with Gasteiger partial charge in [0.25, 0.3) is 0 Å². The van der Waals surface area contributed by atoms with Crippen molar-refractivity contribution in [1.29, 1.82) is 0 Å². The number of rotatable bonds is 1. The summed E-state index contributed by atoms with van der Waals surface area (Å²) in [4.78, 5) is 7.67. The molecule has 1 aliphatic rings. The molecule has 0 aliphatic carbocycles. The minimum atomic E-state index is 0.707. The molecule has 0 saturated carbocycles. The Hall–Kier alpha value is -1.36. The van der Waals surface area contributed by atoms with Crippen LogP contribution in [-0.2, 0) is 0 Å². The number of hydrogen-bond acceptors (Lipinski definition) is 4. The van der Waals surface area contributed by atoms with Crippen molar-refractivity contribution in [3.05, 3.63) is 12.1 Å². The van der Waals surface area contributed by atoms with E-state index in [1.165, 1.54) is 0 Å². The number of imidazole rings is 1. The van der Waals surface area contributed by atoms with E-state index in [1.807, 2.05) is 18.4 Å². The van der Waals surface area contributed by atoms with Gasteiger partial charge >= 0.3 is 0 Å². The molecule has 0 spiro atoms. The Labute approximate surface area is 97.3 Å². The zero-order valence-corrected chi connectivity index (χ0v) is 9.76. The summed E-state index contributed by atoms with van der Waals surface area (Å²) in [6.45, 7) is 1.42. The van der Waals surface area contributed by atoms with Gasteiger partial charge in [-0.05, 0) is 6.26 Å². The summed E-state index contributed by atoms with van der Waals surface area (Å²) < 4.78 is 11.2. The van der Waals surface area contributed by atoms with Gasteiger partial charge < -0.3 is 14.5 Å². The van der Waals surface area contributed by atoms with Crippen molar-refractivity contribution in [2.24, 2.45) is 0 Å². The van der Waals surface area contributed by atoms with Crippen LogP contribution in [0.25, 0.3) is 11.0 Å². The number of thioether (sulfide) groups is 1. The van der Waals surface area contributed by atoms with Crippen molar-refractivity contribution in [3.63, 3.8) is 0 Å². The number of fused-ring (bicyclic) bond motifs is 2. The Morgan fingerprint density at radius 3 is 2.75 bits per heavy atom. The van der Waals surface area contributed by atoms with Crippen LogP contribution < -0.4 is 9.47 Å². The topological polar surface area (TPSA) is 47.1 Å². The van der Waals surface area contributed by atoms with Crippen LogP contribution in [0.15, 0.2) is 17.3 Å². The first-order valence-electron chi connectivity index (χ1n) is 5.20. The van der Waals surface area contributed by atoms with Crippen LogP contribution in [-0.4, -0.2) is 29.4 Å². The van der Waals surface area contributed by atoms with Gasteiger partial charge in [0.1, 0.15) is 0 Å². The van der Waals surface area contributed by atoms with Gasteiger partial charge in [0.2, 0.25) is 0 Å². The van der Waals surface area contributed by atoms with E-state index in [9.17, 15) is 0 Å². The second-order valence-electron chi connectivity index (χ2n) is 3.61. The van der Waals surface area contributed by atoms with Crippen molar-refractivity contribution in [2.45, 2.75) is 11.6 Å². The number of nitrogens with zero attached hydrogens (tertiary/aromatic N) is 1. The normalized spacial score (nSPS) is 15.1. The maximum atomic E-state index is 5.62. The van der Waals surface area contributed by atoms with Crippen molar-refractivity contribution in [3.8, 4) is 11.5 Å². The number of nitrogens with one attached hydrogen (secondary N) is 1. The first kappa shape index (κ1) is 9.84. The van der Waals surface area contributed by atoms with Crippen LogP contribution >= 0.6 is 11.8 Å². The molecule has 84 valence electrons. The van der Waals surface area contributed by atoms with E-state index in [4.69, 9.17) is 9.47 Å². The van der Waals surface area contributed by atoms with Crippen molar-refractivity contribution >= 4 is 22.8 Å². The van der Waals surface area contributed by atoms with Crippen LogP contribution in [0.5, 0.6) is 11.5 Å². The van der Waals surface area contributed by atoms with E-state index in [2.05, 4.69) is 9.97 Å². The maximum absolute atomic E-state index is 5.62. The molecule has 0 radical (unpaired) electrons. The fraction of sp³-hybridized carbons (Fsp3) is 0.364. The van der Waals surface area contributed by atoms with Gasteiger partial charge in [0.15, 0.2) is 16.7 Å². The summed E-state index contributed by atoms with van der Waals surface area (Å²) in [6.07, 6.45) is 2.92. The summed E-state index contributed by atoms with van der Waals surface area (Å²) in [5, 5.41) is 0.912. The lowest BCUT2D eigenvalue weighted by molar-refractivity contribution is 0.297. The minimum Gasteiger partial charge on any atom is -0.489 e. The molecule has 16 heavy (non-hydrogen) atoms. The van der Waals surface area contributed by atoms with Gasteiger partial charge in [0, 0.05) is 18.6 Å². The third-order valence-electron chi connectivity index (χ3n) is 2.52. The smallest absolute Gasteiger partial charge is 0.166 e. The second-order valence-corrected chi connectivity index (χ2v) is 4.41. The Morgan fingerprint density at radius 2 is 2.00 bits per heavy atom. The minimum absolute atomic E-state index is 0.707. The van der Waals surface area contributed by atoms with Gasteiger partial charge in [-0.1, -0.05) is 11.8 Å². The molecular formula is C11H12N2O2S. The Kier molecular flexibility index (Phi) is 2.40. The van der Waals surface area contributed by atoms with Crippen LogP contribution in [0.3, 0.4) is 0 Å². The predicted molar refractivity (Wildman–Crippen MR) is 63.5 cm³/mol. The van der Waals surface area contributed by atoms with Crippen LogP contribution in [0, 0.1) is 0 Å². The van der Waals surface area contributed by atoms with Crippen LogP contribution in [0.2, 0.25) is 0 Å². The van der Waals surface area contributed by atoms with Crippen LogP contribution in [0.1, 0.15) is 6.42 Å². The van der Waals surface area contributed by atoms with Crippen LogP contribution in [0.4, 0.5) is 0 Å². The van der Waals surface area contributed by atoms with Gasteiger partial charge in [-0.3, -0.25) is 0 Å². The summed E-state index contributed by atoms with van der Waals surface area (Å²) in [6, 6.07) is 3.90. The summed E-state index contributed by atoms with van der Waals surface area (Å²) in [5.74, 6) is 1.60. The number of H-pyrrole nitrogens is 1. The molecule has 1 aromatic heterocycles. The lowest BCUT2D eigenvalue weighted by Crippen LogP contribution is -1.97. The third kappa shape index (κ3) is 1.61. The lowest BCUT2D eigenvalue weighted by Gasteiger charge is -2.05. The van der Waals surface area contributed by atoms with E-state index >= 15 is 0 Å². The monoisotopic (exact) mass is 236 g/mol. The Balaban J connectivity index is 2.14. The van der Waals surface area contributed by atoms with Crippen molar-refractivity contribution in [1.82, 2.24) is 9.97 Å². The zero-order valence-electron chi connectivity index (χ0n) is 8.95. The highest BCUT2D eigenvalue weighted by atomic mass is 32.2. The highest BCUT2D eigenvalue weighted by Gasteiger charge is 2.13. The molecule has 1 aliphatic heterocycles. The van der Waals surface area contributed by atoms with Gasteiger partial charge in [-0.15, -0.1) is 0 Å². The molecule has 1 N–H and O–H groups in total. The fourth-order valence-corrected chi connectivity index (χ4v) is 2.14. The highest BCUT2D eigenvalue weighted by molar-refractivity contribution is 7.98. The second kappa shape index (κ2) is 3.90. The molecule has 1 aromatic carbocycles. The molecule has 0 atom stereocenters. The van der Waals surface area contributed by atoms with Gasteiger partial charge in [0.05, 0.1) is 24.2 Å². The van der Waals surface area contributed by atoms with E-state index in [1.54, 1.807) is 11.8 Å². The van der Waals surface area contributed by atoms with Crippen molar-refractivity contribution in [2.75, 3.05) is 19.5 Å². The first-order valence-corrected chi connectivity index (χ1v) is 6.42. The molecule has 0 amide bonds. The lowest BCUT2D eigenvalue weighted by atomic mass is 10.3. The van der Waals surface area contributed by atoms with E-state index < -0.39 is 0 Å². The standard InChI is InChI=1S/C11H12N2O2S/c1-16-11-12-7-5-9-10(6-8(7)13-11)15-4-2-3-14-9/h5-6H,2-4H2,1H3,(H,12,13). The quantitative estimate of drug-likeness (QED) is 0.773. The number of benzene rings is 1. The number of hydrogen-bond donors (Lipinski definition) is 1. The average Bonchev–Trinajstić information content (AvgIpc) is 2.56.